The highest BCUT2D eigenvalue weighted by molar-refractivity contribution is 5.76. The van der Waals surface area contributed by atoms with Crippen LogP contribution in [0.2, 0.25) is 0 Å². The fourth-order valence-corrected chi connectivity index (χ4v) is 3.88. The maximum Gasteiger partial charge on any atom is 0.220 e. The lowest BCUT2D eigenvalue weighted by Crippen LogP contribution is -2.53. The molecule has 156 valence electrons. The summed E-state index contributed by atoms with van der Waals surface area (Å²) < 4.78 is 5.39. The van der Waals surface area contributed by atoms with E-state index in [1.807, 2.05) is 30.3 Å². The average molecular weight is 396 g/mol. The zero-order chi connectivity index (χ0) is 20.5. The number of methoxy groups -OCH3 is 1. The van der Waals surface area contributed by atoms with Gasteiger partial charge in [-0.2, -0.15) is 0 Å². The number of aryl methyl sites for hydroxylation is 1. The van der Waals surface area contributed by atoms with Crippen LogP contribution in [0.3, 0.4) is 0 Å². The molecule has 0 radical (unpaired) electrons. The average Bonchev–Trinajstić information content (AvgIpc) is 2.76. The topological polar surface area (TPSA) is 44.8 Å². The maximum atomic E-state index is 12.5. The lowest BCUT2D eigenvalue weighted by atomic mass is 10.0. The highest BCUT2D eigenvalue weighted by Gasteiger charge is 2.23. The van der Waals surface area contributed by atoms with Crippen LogP contribution in [-0.2, 0) is 17.6 Å². The first-order chi connectivity index (χ1) is 14.2. The quantitative estimate of drug-likeness (QED) is 0.709. The predicted octanol–water partition coefficient (Wildman–Crippen LogP) is 2.60. The van der Waals surface area contributed by atoms with Gasteiger partial charge in [0.05, 0.1) is 7.11 Å². The fourth-order valence-electron chi connectivity index (χ4n) is 3.88. The second-order valence-electron chi connectivity index (χ2n) is 7.80. The first-order valence-electron chi connectivity index (χ1n) is 10.5. The maximum absolute atomic E-state index is 12.5. The van der Waals surface area contributed by atoms with E-state index in [9.17, 15) is 4.79 Å². The number of piperazine rings is 1. The number of hydrogen-bond donors (Lipinski definition) is 1. The first kappa shape index (κ1) is 21.3. The van der Waals surface area contributed by atoms with Crippen molar-refractivity contribution in [2.45, 2.75) is 25.3 Å². The van der Waals surface area contributed by atoms with Gasteiger partial charge in [-0.3, -0.25) is 9.69 Å². The van der Waals surface area contributed by atoms with Gasteiger partial charge in [-0.15, -0.1) is 0 Å². The molecule has 2 aromatic rings. The highest BCUT2D eigenvalue weighted by atomic mass is 16.5. The van der Waals surface area contributed by atoms with Crippen molar-refractivity contribution >= 4 is 5.91 Å². The Morgan fingerprint density at radius 2 is 1.72 bits per heavy atom. The van der Waals surface area contributed by atoms with Crippen LogP contribution in [0.25, 0.3) is 0 Å². The molecule has 1 fully saturated rings. The lowest BCUT2D eigenvalue weighted by Gasteiger charge is -2.38. The number of amides is 1. The highest BCUT2D eigenvalue weighted by Crippen LogP contribution is 2.18. The van der Waals surface area contributed by atoms with Gasteiger partial charge in [-0.05, 0) is 37.1 Å². The van der Waals surface area contributed by atoms with Gasteiger partial charge in [-0.1, -0.05) is 48.5 Å². The summed E-state index contributed by atoms with van der Waals surface area (Å²) >= 11 is 0. The van der Waals surface area contributed by atoms with Crippen LogP contribution < -0.4 is 10.1 Å². The molecule has 0 aromatic heterocycles. The van der Waals surface area contributed by atoms with Crippen LogP contribution in [0.15, 0.2) is 54.6 Å². The molecule has 1 aliphatic rings. The van der Waals surface area contributed by atoms with E-state index >= 15 is 0 Å². The summed E-state index contributed by atoms with van der Waals surface area (Å²) in [6.07, 6.45) is 2.12. The van der Waals surface area contributed by atoms with Crippen LogP contribution in [-0.4, -0.2) is 68.6 Å². The molecule has 2 aromatic carbocycles. The van der Waals surface area contributed by atoms with Crippen molar-refractivity contribution in [2.75, 3.05) is 46.9 Å². The third-order valence-electron chi connectivity index (χ3n) is 5.72. The molecule has 1 heterocycles. The molecule has 5 heteroatoms. The molecular formula is C24H33N3O2. The third kappa shape index (κ3) is 6.58. The number of benzene rings is 2. The number of nitrogens with zero attached hydrogens (tertiary/aromatic N) is 2. The Morgan fingerprint density at radius 3 is 2.45 bits per heavy atom. The smallest absolute Gasteiger partial charge is 0.220 e. The summed E-state index contributed by atoms with van der Waals surface area (Å²) in [4.78, 5) is 17.4. The lowest BCUT2D eigenvalue weighted by molar-refractivity contribution is -0.121. The molecule has 0 spiro atoms. The number of para-hydroxylation sites is 1. The minimum absolute atomic E-state index is 0.100. The fraction of sp³-hybridized carbons (Fsp3) is 0.458. The Kier molecular flexibility index (Phi) is 8.08. The molecule has 1 aliphatic heterocycles. The van der Waals surface area contributed by atoms with Crippen molar-refractivity contribution in [3.63, 3.8) is 0 Å². The van der Waals surface area contributed by atoms with E-state index in [-0.39, 0.29) is 5.91 Å². The molecule has 3 rings (SSSR count). The van der Waals surface area contributed by atoms with E-state index in [0.29, 0.717) is 25.4 Å². The number of rotatable bonds is 9. The minimum Gasteiger partial charge on any atom is -0.496 e. The number of nitrogens with one attached hydrogen (secondary N) is 1. The summed E-state index contributed by atoms with van der Waals surface area (Å²) in [5.74, 6) is 0.947. The first-order valence-corrected chi connectivity index (χ1v) is 10.5. The molecule has 5 nitrogen and oxygen atoms in total. The van der Waals surface area contributed by atoms with Gasteiger partial charge in [0.2, 0.25) is 5.91 Å². The molecule has 1 atom stereocenters. The SMILES string of the molecule is COc1ccccc1CCC(=O)NCC(Cc1ccccc1)N1CCN(C)CC1. The van der Waals surface area contributed by atoms with Crippen LogP contribution in [0.4, 0.5) is 0 Å². The molecule has 1 unspecified atom stereocenters. The van der Waals surface area contributed by atoms with E-state index in [0.717, 1.165) is 43.9 Å². The second-order valence-corrected chi connectivity index (χ2v) is 7.80. The molecule has 1 saturated heterocycles. The zero-order valence-corrected chi connectivity index (χ0v) is 17.6. The summed E-state index contributed by atoms with van der Waals surface area (Å²) in [6.45, 7) is 4.93. The molecule has 1 N–H and O–H groups in total. The van der Waals surface area contributed by atoms with Gasteiger partial charge in [0.15, 0.2) is 0 Å². The van der Waals surface area contributed by atoms with Gasteiger partial charge in [-0.25, -0.2) is 0 Å². The van der Waals surface area contributed by atoms with Crippen molar-refractivity contribution < 1.29 is 9.53 Å². The largest absolute Gasteiger partial charge is 0.496 e. The van der Waals surface area contributed by atoms with Crippen molar-refractivity contribution in [2.24, 2.45) is 0 Å². The summed E-state index contributed by atoms with van der Waals surface area (Å²) in [5.41, 5.74) is 2.39. The molecule has 0 aliphatic carbocycles. The Morgan fingerprint density at radius 1 is 1.03 bits per heavy atom. The predicted molar refractivity (Wildman–Crippen MR) is 117 cm³/mol. The van der Waals surface area contributed by atoms with E-state index in [4.69, 9.17) is 4.74 Å². The van der Waals surface area contributed by atoms with Crippen LogP contribution in [0.1, 0.15) is 17.5 Å². The number of carbonyl (C=O) groups excluding carboxylic acids is 1. The minimum atomic E-state index is 0.100. The standard InChI is InChI=1S/C24H33N3O2/c1-26-14-16-27(17-15-26)22(18-20-8-4-3-5-9-20)19-25-24(28)13-12-21-10-6-7-11-23(21)29-2/h3-11,22H,12-19H2,1-2H3,(H,25,28). The van der Waals surface area contributed by atoms with E-state index in [1.54, 1.807) is 7.11 Å². The molecule has 0 bridgehead atoms. The van der Waals surface area contributed by atoms with E-state index in [2.05, 4.69) is 46.4 Å². The van der Waals surface area contributed by atoms with Crippen LogP contribution in [0, 0.1) is 0 Å². The number of likely N-dealkylation sites (N-methyl/N-ethyl adjacent to an activating group) is 1. The molecule has 29 heavy (non-hydrogen) atoms. The zero-order valence-electron chi connectivity index (χ0n) is 17.6. The molecular weight excluding hydrogens is 362 g/mol. The Bertz CT molecular complexity index is 758. The van der Waals surface area contributed by atoms with Gasteiger partial charge in [0, 0.05) is 45.2 Å². The summed E-state index contributed by atoms with van der Waals surface area (Å²) in [5, 5.41) is 3.18. The van der Waals surface area contributed by atoms with Gasteiger partial charge in [0.1, 0.15) is 5.75 Å². The Labute approximate surface area is 174 Å². The number of hydrogen-bond acceptors (Lipinski definition) is 4. The van der Waals surface area contributed by atoms with Crippen LogP contribution >= 0.6 is 0 Å². The Hall–Kier alpha value is -2.37. The molecule has 1 amide bonds. The van der Waals surface area contributed by atoms with Crippen molar-refractivity contribution in [3.05, 3.63) is 65.7 Å². The number of carbonyl (C=O) groups is 1. The van der Waals surface area contributed by atoms with E-state index in [1.165, 1.54) is 5.56 Å². The summed E-state index contributed by atoms with van der Waals surface area (Å²) in [7, 11) is 3.84. The summed E-state index contributed by atoms with van der Waals surface area (Å²) in [6, 6.07) is 18.8. The van der Waals surface area contributed by atoms with Crippen molar-refractivity contribution in [3.8, 4) is 5.75 Å². The van der Waals surface area contributed by atoms with Gasteiger partial charge < -0.3 is 15.0 Å². The van der Waals surface area contributed by atoms with Crippen LogP contribution in [0.5, 0.6) is 5.75 Å². The van der Waals surface area contributed by atoms with Gasteiger partial charge >= 0.3 is 0 Å². The monoisotopic (exact) mass is 395 g/mol. The molecule has 0 saturated carbocycles. The van der Waals surface area contributed by atoms with Gasteiger partial charge in [0.25, 0.3) is 0 Å². The third-order valence-corrected chi connectivity index (χ3v) is 5.72. The van der Waals surface area contributed by atoms with E-state index < -0.39 is 0 Å². The van der Waals surface area contributed by atoms with Crippen molar-refractivity contribution in [1.82, 2.24) is 15.1 Å². The number of ether oxygens (including phenoxy) is 1. The normalized spacial score (nSPS) is 16.3. The Balaban J connectivity index is 1.54. The second kappa shape index (κ2) is 11.0. The van der Waals surface area contributed by atoms with Crippen molar-refractivity contribution in [1.29, 1.82) is 0 Å².